The van der Waals surface area contributed by atoms with Crippen molar-refractivity contribution in [3.05, 3.63) is 60.7 Å². The Morgan fingerprint density at radius 3 is 1.71 bits per heavy atom. The SMILES string of the molecule is CCCCC(=O)OCC.c1ccc(-c2ccccc2)cc1. The summed E-state index contributed by atoms with van der Waals surface area (Å²) < 4.78 is 4.70. The van der Waals surface area contributed by atoms with Crippen LogP contribution in [0.25, 0.3) is 11.1 Å². The molecule has 0 heterocycles. The van der Waals surface area contributed by atoms with Crippen molar-refractivity contribution < 1.29 is 9.53 Å². The van der Waals surface area contributed by atoms with Crippen molar-refractivity contribution in [3.63, 3.8) is 0 Å². The number of carbonyl (C=O) groups excluding carboxylic acids is 1. The van der Waals surface area contributed by atoms with Gasteiger partial charge in [-0.15, -0.1) is 0 Å². The number of unbranched alkanes of at least 4 members (excludes halogenated alkanes) is 1. The van der Waals surface area contributed by atoms with Gasteiger partial charge in [0.25, 0.3) is 0 Å². The largest absolute Gasteiger partial charge is 0.466 e. The Kier molecular flexibility index (Phi) is 8.62. The molecule has 0 radical (unpaired) electrons. The summed E-state index contributed by atoms with van der Waals surface area (Å²) in [6, 6.07) is 20.8. The Morgan fingerprint density at radius 1 is 0.857 bits per heavy atom. The van der Waals surface area contributed by atoms with E-state index in [9.17, 15) is 4.79 Å². The molecule has 0 aliphatic heterocycles. The summed E-state index contributed by atoms with van der Waals surface area (Å²) >= 11 is 0. The van der Waals surface area contributed by atoms with Crippen LogP contribution < -0.4 is 0 Å². The predicted octanol–water partition coefficient (Wildman–Crippen LogP) is 5.09. The Morgan fingerprint density at radius 2 is 1.33 bits per heavy atom. The molecule has 2 nitrogen and oxygen atoms in total. The standard InChI is InChI=1S/C12H10.C7H14O2/c1-3-7-11(8-4-1)12-9-5-2-6-10-12;1-3-5-6-7(8)9-4-2/h1-10H;3-6H2,1-2H3. The fourth-order valence-electron chi connectivity index (χ4n) is 1.82. The molecule has 112 valence electrons. The predicted molar refractivity (Wildman–Crippen MR) is 88.0 cm³/mol. The number of hydrogen-bond donors (Lipinski definition) is 0. The minimum Gasteiger partial charge on any atom is -0.466 e. The third-order valence-corrected chi connectivity index (χ3v) is 2.92. The first-order valence-corrected chi connectivity index (χ1v) is 7.54. The van der Waals surface area contributed by atoms with Crippen molar-refractivity contribution in [2.75, 3.05) is 6.61 Å². The lowest BCUT2D eigenvalue weighted by atomic mass is 10.1. The smallest absolute Gasteiger partial charge is 0.305 e. The highest BCUT2D eigenvalue weighted by atomic mass is 16.5. The summed E-state index contributed by atoms with van der Waals surface area (Å²) in [5.74, 6) is -0.0700. The Bertz CT molecular complexity index is 454. The van der Waals surface area contributed by atoms with E-state index in [1.807, 2.05) is 19.1 Å². The second kappa shape index (κ2) is 10.7. The number of ether oxygens (including phenoxy) is 1. The van der Waals surface area contributed by atoms with Crippen molar-refractivity contribution in [1.29, 1.82) is 0 Å². The zero-order chi connectivity index (χ0) is 15.3. The lowest BCUT2D eigenvalue weighted by Crippen LogP contribution is -2.02. The molecular weight excluding hydrogens is 260 g/mol. The molecule has 0 aromatic heterocycles. The van der Waals surface area contributed by atoms with Gasteiger partial charge in [-0.2, -0.15) is 0 Å². The first-order chi connectivity index (χ1) is 10.3. The normalized spacial score (nSPS) is 9.43. The van der Waals surface area contributed by atoms with Gasteiger partial charge in [-0.3, -0.25) is 4.79 Å². The van der Waals surface area contributed by atoms with Crippen LogP contribution >= 0.6 is 0 Å². The van der Waals surface area contributed by atoms with E-state index in [0.717, 1.165) is 12.8 Å². The van der Waals surface area contributed by atoms with E-state index in [0.29, 0.717) is 13.0 Å². The summed E-state index contributed by atoms with van der Waals surface area (Å²) in [6.07, 6.45) is 2.57. The molecular formula is C19H24O2. The average Bonchev–Trinajstić information content (AvgIpc) is 2.55. The molecule has 0 unspecified atom stereocenters. The van der Waals surface area contributed by atoms with Gasteiger partial charge in [0.2, 0.25) is 0 Å². The van der Waals surface area contributed by atoms with Gasteiger partial charge in [-0.25, -0.2) is 0 Å². The topological polar surface area (TPSA) is 26.3 Å². The summed E-state index contributed by atoms with van der Waals surface area (Å²) in [7, 11) is 0. The first kappa shape index (κ1) is 17.0. The summed E-state index contributed by atoms with van der Waals surface area (Å²) in [5.41, 5.74) is 2.55. The highest BCUT2D eigenvalue weighted by Gasteiger charge is 1.97. The molecule has 0 atom stereocenters. The van der Waals surface area contributed by atoms with Crippen LogP contribution in [0, 0.1) is 0 Å². The fourth-order valence-corrected chi connectivity index (χ4v) is 1.82. The molecule has 0 aliphatic carbocycles. The van der Waals surface area contributed by atoms with Crippen LogP contribution in [0.4, 0.5) is 0 Å². The molecule has 0 aliphatic rings. The molecule has 2 aromatic carbocycles. The molecule has 0 saturated heterocycles. The number of esters is 1. The van der Waals surface area contributed by atoms with Gasteiger partial charge in [0.15, 0.2) is 0 Å². The van der Waals surface area contributed by atoms with Crippen LogP contribution in [0.1, 0.15) is 33.1 Å². The van der Waals surface area contributed by atoms with Crippen LogP contribution in [0.5, 0.6) is 0 Å². The van der Waals surface area contributed by atoms with Gasteiger partial charge < -0.3 is 4.74 Å². The van der Waals surface area contributed by atoms with Gasteiger partial charge >= 0.3 is 5.97 Å². The van der Waals surface area contributed by atoms with Crippen molar-refractivity contribution in [3.8, 4) is 11.1 Å². The molecule has 0 fully saturated rings. The van der Waals surface area contributed by atoms with Crippen LogP contribution in [0.15, 0.2) is 60.7 Å². The molecule has 2 rings (SSSR count). The number of benzene rings is 2. The highest BCUT2D eigenvalue weighted by molar-refractivity contribution is 5.69. The third kappa shape index (κ3) is 7.31. The first-order valence-electron chi connectivity index (χ1n) is 7.54. The Hall–Kier alpha value is -2.09. The molecule has 0 saturated carbocycles. The van der Waals surface area contributed by atoms with E-state index in [1.165, 1.54) is 11.1 Å². The summed E-state index contributed by atoms with van der Waals surface area (Å²) in [5, 5.41) is 0. The van der Waals surface area contributed by atoms with Gasteiger partial charge in [0.1, 0.15) is 0 Å². The van der Waals surface area contributed by atoms with Crippen molar-refractivity contribution >= 4 is 5.97 Å². The lowest BCUT2D eigenvalue weighted by Gasteiger charge is -1.98. The molecule has 0 spiro atoms. The monoisotopic (exact) mass is 284 g/mol. The van der Waals surface area contributed by atoms with E-state index in [-0.39, 0.29) is 5.97 Å². The van der Waals surface area contributed by atoms with E-state index >= 15 is 0 Å². The van der Waals surface area contributed by atoms with Crippen LogP contribution in [-0.2, 0) is 9.53 Å². The minimum absolute atomic E-state index is 0.0700. The van der Waals surface area contributed by atoms with Crippen LogP contribution in [0.2, 0.25) is 0 Å². The Labute approximate surface area is 127 Å². The third-order valence-electron chi connectivity index (χ3n) is 2.92. The molecule has 0 N–H and O–H groups in total. The second-order valence-corrected chi connectivity index (χ2v) is 4.64. The quantitative estimate of drug-likeness (QED) is 0.714. The molecule has 0 bridgehead atoms. The van der Waals surface area contributed by atoms with Crippen molar-refractivity contribution in [1.82, 2.24) is 0 Å². The van der Waals surface area contributed by atoms with Gasteiger partial charge in [0, 0.05) is 6.42 Å². The van der Waals surface area contributed by atoms with E-state index in [4.69, 9.17) is 4.74 Å². The zero-order valence-corrected chi connectivity index (χ0v) is 12.9. The maximum absolute atomic E-state index is 10.6. The minimum atomic E-state index is -0.0700. The zero-order valence-electron chi connectivity index (χ0n) is 12.9. The lowest BCUT2D eigenvalue weighted by molar-refractivity contribution is -0.143. The summed E-state index contributed by atoms with van der Waals surface area (Å²) in [6.45, 7) is 4.38. The number of rotatable bonds is 5. The molecule has 0 amide bonds. The Balaban J connectivity index is 0.000000222. The molecule has 21 heavy (non-hydrogen) atoms. The van der Waals surface area contributed by atoms with Gasteiger partial charge in [0.05, 0.1) is 6.61 Å². The number of hydrogen-bond acceptors (Lipinski definition) is 2. The molecule has 2 aromatic rings. The van der Waals surface area contributed by atoms with Crippen molar-refractivity contribution in [2.24, 2.45) is 0 Å². The van der Waals surface area contributed by atoms with Gasteiger partial charge in [-0.1, -0.05) is 74.0 Å². The maximum atomic E-state index is 10.6. The second-order valence-electron chi connectivity index (χ2n) is 4.64. The van der Waals surface area contributed by atoms with E-state index < -0.39 is 0 Å². The van der Waals surface area contributed by atoms with Crippen LogP contribution in [-0.4, -0.2) is 12.6 Å². The average molecular weight is 284 g/mol. The molecule has 2 heteroatoms. The van der Waals surface area contributed by atoms with Gasteiger partial charge in [-0.05, 0) is 24.5 Å². The maximum Gasteiger partial charge on any atom is 0.305 e. The highest BCUT2D eigenvalue weighted by Crippen LogP contribution is 2.17. The fraction of sp³-hybridized carbons (Fsp3) is 0.316. The van der Waals surface area contributed by atoms with Crippen LogP contribution in [0.3, 0.4) is 0 Å². The van der Waals surface area contributed by atoms with E-state index in [2.05, 4.69) is 55.5 Å². The van der Waals surface area contributed by atoms with E-state index in [1.54, 1.807) is 0 Å². The summed E-state index contributed by atoms with van der Waals surface area (Å²) in [4.78, 5) is 10.6. The van der Waals surface area contributed by atoms with Crippen molar-refractivity contribution in [2.45, 2.75) is 33.1 Å². The number of carbonyl (C=O) groups is 1.